The monoisotopic (exact) mass is 486 g/mol. The Labute approximate surface area is 208 Å². The van der Waals surface area contributed by atoms with E-state index in [2.05, 4.69) is 28.9 Å². The van der Waals surface area contributed by atoms with Crippen molar-refractivity contribution in [3.8, 4) is 0 Å². The number of halogens is 1. The quantitative estimate of drug-likeness (QED) is 0.382. The van der Waals surface area contributed by atoms with Gasteiger partial charge in [-0.2, -0.15) is 0 Å². The fourth-order valence-corrected chi connectivity index (χ4v) is 4.82. The number of anilines is 1. The van der Waals surface area contributed by atoms with Crippen molar-refractivity contribution in [2.75, 3.05) is 37.6 Å². The molecule has 0 bridgehead atoms. The second kappa shape index (κ2) is 13.0. The number of rotatable bonds is 5. The SMILES string of the molecule is C/C(=C\c1cc(F)cc(N2CCN(CC=O)CC2)c1)[C@H]1OC(=O)C[C@H](O)CC[C@H](C)C/C=C/[C@@H]1C. The summed E-state index contributed by atoms with van der Waals surface area (Å²) in [5.74, 6) is -0.364. The van der Waals surface area contributed by atoms with Crippen LogP contribution in [0.2, 0.25) is 0 Å². The predicted octanol–water partition coefficient (Wildman–Crippen LogP) is 4.23. The topological polar surface area (TPSA) is 70.1 Å². The molecule has 192 valence electrons. The molecule has 4 atom stereocenters. The van der Waals surface area contributed by atoms with E-state index in [0.717, 1.165) is 56.6 Å². The highest BCUT2D eigenvalue weighted by molar-refractivity contribution is 5.71. The van der Waals surface area contributed by atoms with Crippen LogP contribution in [0.5, 0.6) is 0 Å². The van der Waals surface area contributed by atoms with Crippen molar-refractivity contribution in [2.24, 2.45) is 11.8 Å². The molecule has 1 fully saturated rings. The molecule has 0 saturated carbocycles. The number of ether oxygens (including phenoxy) is 1. The summed E-state index contributed by atoms with van der Waals surface area (Å²) in [6.45, 7) is 9.44. The van der Waals surface area contributed by atoms with Gasteiger partial charge in [-0.05, 0) is 61.4 Å². The Kier molecular flexibility index (Phi) is 10.0. The van der Waals surface area contributed by atoms with E-state index < -0.39 is 18.2 Å². The Balaban J connectivity index is 1.80. The molecule has 0 aromatic heterocycles. The van der Waals surface area contributed by atoms with E-state index in [1.165, 1.54) is 12.1 Å². The van der Waals surface area contributed by atoms with Gasteiger partial charge in [0.05, 0.1) is 19.1 Å². The number of allylic oxidation sites excluding steroid dienone is 1. The summed E-state index contributed by atoms with van der Waals surface area (Å²) in [5.41, 5.74) is 2.33. The number of carbonyl (C=O) groups is 2. The molecule has 0 aliphatic carbocycles. The maximum absolute atomic E-state index is 14.6. The highest BCUT2D eigenvalue weighted by Crippen LogP contribution is 2.26. The lowest BCUT2D eigenvalue weighted by Crippen LogP contribution is -2.46. The molecule has 2 heterocycles. The highest BCUT2D eigenvalue weighted by atomic mass is 19.1. The number of aliphatic hydroxyl groups is 1. The first kappa shape index (κ1) is 27.1. The van der Waals surface area contributed by atoms with Crippen LogP contribution >= 0.6 is 0 Å². The van der Waals surface area contributed by atoms with Gasteiger partial charge in [0.1, 0.15) is 18.2 Å². The van der Waals surface area contributed by atoms with Crippen LogP contribution in [0.4, 0.5) is 10.1 Å². The smallest absolute Gasteiger partial charge is 0.309 e. The lowest BCUT2D eigenvalue weighted by Gasteiger charge is -2.35. The zero-order valence-electron chi connectivity index (χ0n) is 21.2. The fourth-order valence-electron chi connectivity index (χ4n) is 4.82. The van der Waals surface area contributed by atoms with E-state index in [1.54, 1.807) is 0 Å². The molecule has 0 radical (unpaired) electrons. The van der Waals surface area contributed by atoms with Gasteiger partial charge >= 0.3 is 5.97 Å². The second-order valence-corrected chi connectivity index (χ2v) is 10.1. The first-order chi connectivity index (χ1) is 16.7. The number of nitrogens with zero attached hydrogens (tertiary/aromatic N) is 2. The van der Waals surface area contributed by atoms with Gasteiger partial charge in [-0.25, -0.2) is 4.39 Å². The van der Waals surface area contributed by atoms with E-state index in [-0.39, 0.29) is 18.2 Å². The molecule has 1 N–H and O–H groups in total. The number of esters is 1. The number of cyclic esters (lactones) is 1. The molecule has 2 aliphatic heterocycles. The molecule has 0 spiro atoms. The zero-order chi connectivity index (χ0) is 25.4. The third-order valence-corrected chi connectivity index (χ3v) is 6.93. The molecule has 1 aromatic carbocycles. The third kappa shape index (κ3) is 8.29. The minimum Gasteiger partial charge on any atom is -0.457 e. The molecule has 35 heavy (non-hydrogen) atoms. The summed E-state index contributed by atoms with van der Waals surface area (Å²) in [6, 6.07) is 4.97. The number of aldehydes is 1. The highest BCUT2D eigenvalue weighted by Gasteiger charge is 2.24. The first-order valence-electron chi connectivity index (χ1n) is 12.7. The maximum atomic E-state index is 14.6. The van der Waals surface area contributed by atoms with Crippen molar-refractivity contribution in [1.82, 2.24) is 4.90 Å². The number of hydrogen-bond acceptors (Lipinski definition) is 6. The maximum Gasteiger partial charge on any atom is 0.309 e. The van der Waals surface area contributed by atoms with E-state index >= 15 is 0 Å². The average molecular weight is 487 g/mol. The molecule has 0 unspecified atom stereocenters. The molecule has 2 aliphatic rings. The Bertz CT molecular complexity index is 924. The number of benzene rings is 1. The lowest BCUT2D eigenvalue weighted by molar-refractivity contribution is -0.151. The Morgan fingerprint density at radius 2 is 1.91 bits per heavy atom. The van der Waals surface area contributed by atoms with E-state index in [4.69, 9.17) is 4.74 Å². The minimum atomic E-state index is -0.702. The van der Waals surface area contributed by atoms with Crippen molar-refractivity contribution in [3.05, 3.63) is 47.3 Å². The molecule has 1 aromatic rings. The van der Waals surface area contributed by atoms with Crippen LogP contribution in [-0.2, 0) is 14.3 Å². The summed E-state index contributed by atoms with van der Waals surface area (Å²) in [7, 11) is 0. The molecular formula is C28H39FN2O4. The van der Waals surface area contributed by atoms with Crippen LogP contribution in [0.25, 0.3) is 6.08 Å². The van der Waals surface area contributed by atoms with E-state index in [9.17, 15) is 19.1 Å². The number of hydrogen-bond donors (Lipinski definition) is 1. The second-order valence-electron chi connectivity index (χ2n) is 10.1. The third-order valence-electron chi connectivity index (χ3n) is 6.93. The normalized spacial score (nSPS) is 28.5. The predicted molar refractivity (Wildman–Crippen MR) is 137 cm³/mol. The van der Waals surface area contributed by atoms with Gasteiger partial charge in [0.2, 0.25) is 0 Å². The van der Waals surface area contributed by atoms with Crippen LogP contribution in [-0.4, -0.2) is 67.2 Å². The number of aliphatic hydroxyl groups excluding tert-OH is 1. The molecule has 0 amide bonds. The zero-order valence-corrected chi connectivity index (χ0v) is 21.2. The van der Waals surface area contributed by atoms with Gasteiger partial charge in [-0.1, -0.05) is 32.1 Å². The summed E-state index contributed by atoms with van der Waals surface area (Å²) in [4.78, 5) is 27.5. The van der Waals surface area contributed by atoms with Crippen molar-refractivity contribution in [3.63, 3.8) is 0 Å². The summed E-state index contributed by atoms with van der Waals surface area (Å²) in [6.07, 6.45) is 8.13. The summed E-state index contributed by atoms with van der Waals surface area (Å²) in [5, 5.41) is 10.2. The van der Waals surface area contributed by atoms with Gasteiger partial charge in [-0.3, -0.25) is 9.69 Å². The molecule has 3 rings (SSSR count). The van der Waals surface area contributed by atoms with Crippen molar-refractivity contribution < 1.29 is 23.8 Å². The standard InChI is InChI=1S/C28H39FN2O4/c1-20-5-4-6-21(2)28(35-27(34)19-26(33)8-7-20)22(3)15-23-16-24(29)18-25(17-23)31-11-9-30(10-12-31)13-14-32/h4,6,14-18,20-21,26,28,33H,5,7-13,19H2,1-3H3/b6-4+,22-15+/t20-,21+,26-,28+/m1/s1. The van der Waals surface area contributed by atoms with Crippen LogP contribution < -0.4 is 4.90 Å². The number of carbonyl (C=O) groups excluding carboxylic acids is 2. The Morgan fingerprint density at radius 3 is 2.63 bits per heavy atom. The van der Waals surface area contributed by atoms with Crippen molar-refractivity contribution >= 4 is 24.0 Å². The fraction of sp³-hybridized carbons (Fsp3) is 0.571. The van der Waals surface area contributed by atoms with Crippen LogP contribution in [0.3, 0.4) is 0 Å². The summed E-state index contributed by atoms with van der Waals surface area (Å²) < 4.78 is 20.4. The van der Waals surface area contributed by atoms with E-state index in [0.29, 0.717) is 24.4 Å². The van der Waals surface area contributed by atoms with Gasteiger partial charge in [0, 0.05) is 37.8 Å². The van der Waals surface area contributed by atoms with Crippen molar-refractivity contribution in [2.45, 2.75) is 58.7 Å². The van der Waals surface area contributed by atoms with Gasteiger partial charge in [0.15, 0.2) is 0 Å². The van der Waals surface area contributed by atoms with E-state index in [1.807, 2.05) is 26.0 Å². The van der Waals surface area contributed by atoms with Crippen LogP contribution in [0.15, 0.2) is 35.9 Å². The largest absolute Gasteiger partial charge is 0.457 e. The van der Waals surface area contributed by atoms with Gasteiger partial charge in [0.25, 0.3) is 0 Å². The van der Waals surface area contributed by atoms with Crippen molar-refractivity contribution in [1.29, 1.82) is 0 Å². The Morgan fingerprint density at radius 1 is 1.17 bits per heavy atom. The first-order valence-corrected chi connectivity index (χ1v) is 12.7. The Hall–Kier alpha value is -2.51. The van der Waals surface area contributed by atoms with Crippen LogP contribution in [0, 0.1) is 17.7 Å². The summed E-state index contributed by atoms with van der Waals surface area (Å²) >= 11 is 0. The lowest BCUT2D eigenvalue weighted by atomic mass is 9.93. The molecular weight excluding hydrogens is 447 g/mol. The molecule has 7 heteroatoms. The molecule has 6 nitrogen and oxygen atoms in total. The average Bonchev–Trinajstić information content (AvgIpc) is 2.80. The minimum absolute atomic E-state index is 0.0207. The molecule has 1 saturated heterocycles. The van der Waals surface area contributed by atoms with Crippen LogP contribution in [0.1, 0.15) is 52.0 Å². The van der Waals surface area contributed by atoms with Gasteiger partial charge < -0.3 is 19.5 Å². The number of piperazine rings is 1. The van der Waals surface area contributed by atoms with Gasteiger partial charge in [-0.15, -0.1) is 0 Å².